The summed E-state index contributed by atoms with van der Waals surface area (Å²) in [7, 11) is 1.76. The normalized spacial score (nSPS) is 14.3. The molecule has 0 bridgehead atoms. The molecule has 0 spiro atoms. The second kappa shape index (κ2) is 5.02. The van der Waals surface area contributed by atoms with Crippen LogP contribution in [0.4, 0.5) is 10.1 Å². The average molecular weight is 297 g/mol. The molecule has 2 aromatic carbocycles. The fraction of sp³-hybridized carbons (Fsp3) is 0.235. The molecule has 4 nitrogen and oxygen atoms in total. The van der Waals surface area contributed by atoms with Gasteiger partial charge >= 0.3 is 0 Å². The number of anilines is 1. The molecular formula is C17H16FN3O. The van der Waals surface area contributed by atoms with Crippen molar-refractivity contribution in [3.63, 3.8) is 0 Å². The van der Waals surface area contributed by atoms with E-state index in [4.69, 9.17) is 4.74 Å². The van der Waals surface area contributed by atoms with E-state index in [1.165, 1.54) is 6.07 Å². The molecule has 1 aliphatic rings. The molecule has 0 aliphatic heterocycles. The summed E-state index contributed by atoms with van der Waals surface area (Å²) in [5, 5.41) is 10.9. The number of hydrogen-bond donors (Lipinski definition) is 2. The molecule has 0 radical (unpaired) electrons. The summed E-state index contributed by atoms with van der Waals surface area (Å²) < 4.78 is 20.0. The third-order valence-electron chi connectivity index (χ3n) is 4.03. The molecule has 0 atom stereocenters. The van der Waals surface area contributed by atoms with Crippen LogP contribution in [-0.2, 0) is 0 Å². The third kappa shape index (κ3) is 2.28. The first-order chi connectivity index (χ1) is 10.7. The number of ether oxygens (including phenoxy) is 1. The fourth-order valence-electron chi connectivity index (χ4n) is 2.65. The van der Waals surface area contributed by atoms with E-state index in [1.807, 2.05) is 6.07 Å². The molecule has 1 aliphatic carbocycles. The summed E-state index contributed by atoms with van der Waals surface area (Å²) in [4.78, 5) is 0. The predicted molar refractivity (Wildman–Crippen MR) is 84.1 cm³/mol. The van der Waals surface area contributed by atoms with E-state index in [-0.39, 0.29) is 11.6 Å². The van der Waals surface area contributed by atoms with Gasteiger partial charge in [0.25, 0.3) is 0 Å². The van der Waals surface area contributed by atoms with Crippen LogP contribution in [0.5, 0.6) is 11.5 Å². The van der Waals surface area contributed by atoms with Crippen LogP contribution >= 0.6 is 0 Å². The maximum absolute atomic E-state index is 14.1. The molecule has 112 valence electrons. The van der Waals surface area contributed by atoms with Gasteiger partial charge in [0.15, 0.2) is 11.6 Å². The lowest BCUT2D eigenvalue weighted by molar-refractivity contribution is 0.438. The highest BCUT2D eigenvalue weighted by Crippen LogP contribution is 2.46. The highest BCUT2D eigenvalue weighted by molar-refractivity contribution is 5.81. The van der Waals surface area contributed by atoms with Crippen LogP contribution in [0, 0.1) is 5.82 Å². The van der Waals surface area contributed by atoms with Crippen molar-refractivity contribution in [3.8, 4) is 11.5 Å². The Morgan fingerprint density at radius 1 is 1.23 bits per heavy atom. The Balaban J connectivity index is 1.75. The Bertz CT molecular complexity index is 839. The van der Waals surface area contributed by atoms with Gasteiger partial charge in [-0.05, 0) is 43.0 Å². The van der Waals surface area contributed by atoms with E-state index in [2.05, 4.69) is 21.6 Å². The van der Waals surface area contributed by atoms with Gasteiger partial charge in [-0.25, -0.2) is 4.39 Å². The first-order valence-corrected chi connectivity index (χ1v) is 7.37. The largest absolute Gasteiger partial charge is 0.454 e. The number of nitrogens with zero attached hydrogens (tertiary/aromatic N) is 1. The smallest absolute Gasteiger partial charge is 0.167 e. The third-order valence-corrected chi connectivity index (χ3v) is 4.03. The fourth-order valence-corrected chi connectivity index (χ4v) is 2.65. The van der Waals surface area contributed by atoms with Crippen molar-refractivity contribution in [1.82, 2.24) is 10.2 Å². The molecule has 1 aromatic heterocycles. The van der Waals surface area contributed by atoms with Crippen LogP contribution < -0.4 is 10.1 Å². The summed E-state index contributed by atoms with van der Waals surface area (Å²) in [5.74, 6) is 1.08. The van der Waals surface area contributed by atoms with Crippen LogP contribution in [0.3, 0.4) is 0 Å². The Morgan fingerprint density at radius 3 is 2.82 bits per heavy atom. The minimum atomic E-state index is -0.374. The van der Waals surface area contributed by atoms with Crippen molar-refractivity contribution < 1.29 is 9.13 Å². The number of aromatic nitrogens is 2. The van der Waals surface area contributed by atoms with Gasteiger partial charge in [-0.1, -0.05) is 0 Å². The molecule has 0 amide bonds. The maximum Gasteiger partial charge on any atom is 0.167 e. The van der Waals surface area contributed by atoms with Crippen molar-refractivity contribution in [1.29, 1.82) is 0 Å². The average Bonchev–Trinajstić information content (AvgIpc) is 3.27. The number of fused-ring (bicyclic) bond motifs is 1. The van der Waals surface area contributed by atoms with Crippen LogP contribution in [0.25, 0.3) is 10.9 Å². The molecule has 1 heterocycles. The predicted octanol–water partition coefficient (Wildman–Crippen LogP) is 4.41. The topological polar surface area (TPSA) is 49.9 Å². The Kier molecular flexibility index (Phi) is 2.99. The molecule has 1 fully saturated rings. The van der Waals surface area contributed by atoms with E-state index in [9.17, 15) is 4.39 Å². The molecular weight excluding hydrogens is 281 g/mol. The Hall–Kier alpha value is -2.56. The first-order valence-electron chi connectivity index (χ1n) is 7.37. The molecule has 0 unspecified atom stereocenters. The highest BCUT2D eigenvalue weighted by Gasteiger charge is 2.28. The van der Waals surface area contributed by atoms with E-state index in [1.54, 1.807) is 25.4 Å². The highest BCUT2D eigenvalue weighted by atomic mass is 19.1. The minimum Gasteiger partial charge on any atom is -0.454 e. The van der Waals surface area contributed by atoms with Gasteiger partial charge in [0.2, 0.25) is 0 Å². The first kappa shape index (κ1) is 13.1. The van der Waals surface area contributed by atoms with Gasteiger partial charge < -0.3 is 10.1 Å². The van der Waals surface area contributed by atoms with Gasteiger partial charge in [-0.15, -0.1) is 0 Å². The summed E-state index contributed by atoms with van der Waals surface area (Å²) in [5.41, 5.74) is 2.83. The maximum atomic E-state index is 14.1. The van der Waals surface area contributed by atoms with Gasteiger partial charge in [0.05, 0.1) is 11.7 Å². The van der Waals surface area contributed by atoms with Crippen LogP contribution in [0.2, 0.25) is 0 Å². The van der Waals surface area contributed by atoms with E-state index < -0.39 is 0 Å². The molecule has 3 aromatic rings. The number of H-pyrrole nitrogens is 1. The number of benzene rings is 2. The molecule has 5 heteroatoms. The number of hydrogen-bond acceptors (Lipinski definition) is 3. The van der Waals surface area contributed by atoms with Crippen LogP contribution in [0.1, 0.15) is 24.3 Å². The van der Waals surface area contributed by atoms with Crippen LogP contribution in [0.15, 0.2) is 36.5 Å². The standard InChI is InChI=1S/C17H16FN3O/c1-19-12-4-5-16(14(18)7-12)22-17-6-11-9-20-21-15(11)8-13(17)10-2-3-10/h4-10,19H,2-3H2,1H3,(H,20,21). The summed E-state index contributed by atoms with van der Waals surface area (Å²) in [6, 6.07) is 8.87. The monoisotopic (exact) mass is 297 g/mol. The van der Waals surface area contributed by atoms with E-state index in [0.717, 1.165) is 35.0 Å². The Labute approximate surface area is 127 Å². The van der Waals surface area contributed by atoms with Gasteiger partial charge in [0.1, 0.15) is 5.75 Å². The summed E-state index contributed by atoms with van der Waals surface area (Å²) in [6.07, 6.45) is 4.05. The van der Waals surface area contributed by atoms with Gasteiger partial charge in [-0.2, -0.15) is 5.10 Å². The molecule has 2 N–H and O–H groups in total. The lowest BCUT2D eigenvalue weighted by Gasteiger charge is -2.12. The molecule has 22 heavy (non-hydrogen) atoms. The zero-order valence-corrected chi connectivity index (χ0v) is 12.2. The van der Waals surface area contributed by atoms with Crippen molar-refractivity contribution >= 4 is 16.6 Å². The van der Waals surface area contributed by atoms with E-state index in [0.29, 0.717) is 11.7 Å². The zero-order chi connectivity index (χ0) is 15.1. The van der Waals surface area contributed by atoms with Crippen molar-refractivity contribution in [2.75, 3.05) is 12.4 Å². The quantitative estimate of drug-likeness (QED) is 0.749. The lowest BCUT2D eigenvalue weighted by Crippen LogP contribution is -1.95. The second-order valence-electron chi connectivity index (χ2n) is 5.62. The van der Waals surface area contributed by atoms with E-state index >= 15 is 0 Å². The second-order valence-corrected chi connectivity index (χ2v) is 5.62. The van der Waals surface area contributed by atoms with Crippen molar-refractivity contribution in [2.24, 2.45) is 0 Å². The number of aromatic amines is 1. The van der Waals surface area contributed by atoms with Gasteiger partial charge in [-0.3, -0.25) is 5.10 Å². The summed E-state index contributed by atoms with van der Waals surface area (Å²) >= 11 is 0. The SMILES string of the molecule is CNc1ccc(Oc2cc3cn[nH]c3cc2C2CC2)c(F)c1. The van der Waals surface area contributed by atoms with Crippen molar-refractivity contribution in [2.45, 2.75) is 18.8 Å². The zero-order valence-electron chi connectivity index (χ0n) is 12.2. The number of halogens is 1. The Morgan fingerprint density at radius 2 is 2.09 bits per heavy atom. The lowest BCUT2D eigenvalue weighted by atomic mass is 10.1. The number of nitrogens with one attached hydrogen (secondary N) is 2. The molecule has 1 saturated carbocycles. The molecule has 4 rings (SSSR count). The van der Waals surface area contributed by atoms with Crippen LogP contribution in [-0.4, -0.2) is 17.2 Å². The minimum absolute atomic E-state index is 0.240. The van der Waals surface area contributed by atoms with Crippen molar-refractivity contribution in [3.05, 3.63) is 47.9 Å². The summed E-state index contributed by atoms with van der Waals surface area (Å²) in [6.45, 7) is 0. The molecule has 0 saturated heterocycles. The van der Waals surface area contributed by atoms with Gasteiger partial charge in [0, 0.05) is 29.8 Å². The number of rotatable bonds is 4.